The molecule has 0 fully saturated rings. The Morgan fingerprint density at radius 1 is 0.568 bits per heavy atom. The molecule has 0 spiro atoms. The van der Waals surface area contributed by atoms with E-state index >= 15 is 0 Å². The van der Waals surface area contributed by atoms with E-state index in [-0.39, 0.29) is 0 Å². The van der Waals surface area contributed by atoms with Crippen molar-refractivity contribution in [3.8, 4) is 0 Å². The van der Waals surface area contributed by atoms with E-state index in [1.807, 2.05) is 6.07 Å². The van der Waals surface area contributed by atoms with E-state index in [0.29, 0.717) is 0 Å². The van der Waals surface area contributed by atoms with Crippen LogP contribution in [-0.2, 0) is 0 Å². The molecular weight excluding hydrogens is 605 g/mol. The van der Waals surface area contributed by atoms with Crippen LogP contribution >= 0.6 is 38.8 Å². The maximum atomic E-state index is 5.88. The molecule has 5 aromatic rings. The fourth-order valence-corrected chi connectivity index (χ4v) is 12.2. The number of nitrogens with zero attached hydrogens (tertiary/aromatic N) is 2. The molecule has 5 aromatic carbocycles. The molecule has 0 saturated heterocycles. The SMILES string of the molecule is Brc1ccc(N2NC(c3ccccc3)=NP2(c2ccccc2)(c2ccccc2)c2ccccc2)c(Br)c1. The molecule has 0 aliphatic carbocycles. The number of benzene rings is 5. The third kappa shape index (κ3) is 3.68. The molecule has 1 aliphatic rings. The number of amidine groups is 1. The fraction of sp³-hybridized carbons (Fsp3) is 0. The zero-order valence-electron chi connectivity index (χ0n) is 19.9. The molecule has 37 heavy (non-hydrogen) atoms. The van der Waals surface area contributed by atoms with Crippen LogP contribution in [0.2, 0.25) is 0 Å². The first-order chi connectivity index (χ1) is 18.1. The minimum atomic E-state index is -3.75. The van der Waals surface area contributed by atoms with Gasteiger partial charge in [0.05, 0.1) is 0 Å². The third-order valence-corrected chi connectivity index (χ3v) is 13.5. The Balaban J connectivity index is 1.84. The van der Waals surface area contributed by atoms with Gasteiger partial charge in [0.15, 0.2) is 0 Å². The first kappa shape index (κ1) is 24.1. The average Bonchev–Trinajstić information content (AvgIpc) is 3.34. The van der Waals surface area contributed by atoms with Gasteiger partial charge in [-0.2, -0.15) is 0 Å². The molecule has 0 bridgehead atoms. The second kappa shape index (κ2) is 9.57. The molecule has 0 amide bonds. The topological polar surface area (TPSA) is 27.6 Å². The van der Waals surface area contributed by atoms with Gasteiger partial charge >= 0.3 is 235 Å². The number of hydrogen-bond acceptors (Lipinski definition) is 3. The van der Waals surface area contributed by atoms with E-state index in [1.54, 1.807) is 0 Å². The molecule has 6 heteroatoms. The summed E-state index contributed by atoms with van der Waals surface area (Å²) in [6.07, 6.45) is 0. The number of nitrogens with one attached hydrogen (secondary N) is 1. The monoisotopic (exact) mass is 627 g/mol. The van der Waals surface area contributed by atoms with E-state index in [2.05, 4.69) is 176 Å². The third-order valence-electron chi connectivity index (χ3n) is 6.82. The van der Waals surface area contributed by atoms with Gasteiger partial charge in [-0.15, -0.1) is 0 Å². The zero-order chi connectivity index (χ0) is 25.3. The summed E-state index contributed by atoms with van der Waals surface area (Å²) in [6.45, 7) is -3.75. The molecule has 0 unspecified atom stereocenters. The summed E-state index contributed by atoms with van der Waals surface area (Å²) in [5.74, 6) is 0.838. The predicted octanol–water partition coefficient (Wildman–Crippen LogP) is 7.34. The summed E-state index contributed by atoms with van der Waals surface area (Å²) < 4.78 is 10.2. The molecule has 0 aromatic heterocycles. The van der Waals surface area contributed by atoms with Crippen molar-refractivity contribution in [1.82, 2.24) is 5.43 Å². The van der Waals surface area contributed by atoms with Gasteiger partial charge in [-0.25, -0.2) is 0 Å². The van der Waals surface area contributed by atoms with Crippen LogP contribution in [0.4, 0.5) is 5.69 Å². The van der Waals surface area contributed by atoms with Crippen molar-refractivity contribution in [2.75, 3.05) is 4.78 Å². The Bertz CT molecular complexity index is 1480. The molecule has 0 atom stereocenters. The first-order valence-corrected chi connectivity index (χ1v) is 15.7. The Morgan fingerprint density at radius 2 is 1.03 bits per heavy atom. The predicted molar refractivity (Wildman–Crippen MR) is 166 cm³/mol. The Labute approximate surface area is 234 Å². The maximum absolute atomic E-state index is 5.88. The van der Waals surface area contributed by atoms with Crippen molar-refractivity contribution < 1.29 is 0 Å². The van der Waals surface area contributed by atoms with E-state index < -0.39 is 6.90 Å². The molecule has 1 N–H and O–H groups in total. The van der Waals surface area contributed by atoms with Crippen molar-refractivity contribution in [1.29, 1.82) is 0 Å². The summed E-state index contributed by atoms with van der Waals surface area (Å²) in [6, 6.07) is 48.9. The van der Waals surface area contributed by atoms with Gasteiger partial charge in [-0.3, -0.25) is 0 Å². The van der Waals surface area contributed by atoms with Crippen LogP contribution in [0.5, 0.6) is 0 Å². The standard InChI is InChI=1S/C31H24Br2N3P/c32-25-21-22-30(29(33)23-25)36-34-31(24-13-5-1-6-14-24)35-37(36,26-15-7-2-8-16-26,27-17-9-3-10-18-27)28-19-11-4-12-20-28/h1-23H,(H,34,35). The van der Waals surface area contributed by atoms with Gasteiger partial charge in [-0.1, -0.05) is 0 Å². The van der Waals surface area contributed by atoms with E-state index in [1.165, 1.54) is 0 Å². The van der Waals surface area contributed by atoms with Gasteiger partial charge in [0.25, 0.3) is 0 Å². The summed E-state index contributed by atoms with van der Waals surface area (Å²) in [5, 5.41) is 3.46. The quantitative estimate of drug-likeness (QED) is 0.206. The number of rotatable bonds is 5. The molecule has 182 valence electrons. The first-order valence-electron chi connectivity index (χ1n) is 12.0. The second-order valence-electron chi connectivity index (χ2n) is 8.87. The Hall–Kier alpha value is -3.24. The van der Waals surface area contributed by atoms with E-state index in [0.717, 1.165) is 41.9 Å². The average molecular weight is 629 g/mol. The normalized spacial score (nSPS) is 16.8. The Kier molecular flexibility index (Phi) is 6.24. The van der Waals surface area contributed by atoms with Crippen molar-refractivity contribution in [3.05, 3.63) is 154 Å². The number of anilines is 1. The van der Waals surface area contributed by atoms with E-state index in [4.69, 9.17) is 4.76 Å². The van der Waals surface area contributed by atoms with Crippen molar-refractivity contribution in [2.45, 2.75) is 0 Å². The molecule has 1 aliphatic heterocycles. The minimum absolute atomic E-state index is 0.838. The van der Waals surface area contributed by atoms with Gasteiger partial charge in [-0.05, 0) is 0 Å². The van der Waals surface area contributed by atoms with Crippen LogP contribution in [-0.4, -0.2) is 5.84 Å². The zero-order valence-corrected chi connectivity index (χ0v) is 23.9. The van der Waals surface area contributed by atoms with Crippen LogP contribution in [0.3, 0.4) is 0 Å². The molecule has 0 radical (unpaired) electrons. The molecule has 1 heterocycles. The van der Waals surface area contributed by atoms with Crippen molar-refractivity contribution in [2.24, 2.45) is 4.76 Å². The summed E-state index contributed by atoms with van der Waals surface area (Å²) in [7, 11) is 0. The van der Waals surface area contributed by atoms with Crippen molar-refractivity contribution in [3.63, 3.8) is 0 Å². The van der Waals surface area contributed by atoms with Crippen LogP contribution in [0.25, 0.3) is 0 Å². The molecule has 3 nitrogen and oxygen atoms in total. The number of hydrazine groups is 1. The summed E-state index contributed by atoms with van der Waals surface area (Å²) in [4.78, 5) is 0. The summed E-state index contributed by atoms with van der Waals surface area (Å²) >= 11 is 7.53. The van der Waals surface area contributed by atoms with Crippen LogP contribution in [0.1, 0.15) is 5.56 Å². The van der Waals surface area contributed by atoms with Crippen molar-refractivity contribution >= 4 is 66.2 Å². The Morgan fingerprint density at radius 3 is 1.49 bits per heavy atom. The fourth-order valence-electron chi connectivity index (χ4n) is 5.20. The summed E-state index contributed by atoms with van der Waals surface area (Å²) in [5.41, 5.74) is 5.85. The van der Waals surface area contributed by atoms with Gasteiger partial charge < -0.3 is 0 Å². The van der Waals surface area contributed by atoms with Crippen LogP contribution in [0, 0.1) is 0 Å². The van der Waals surface area contributed by atoms with Crippen LogP contribution < -0.4 is 26.1 Å². The van der Waals surface area contributed by atoms with Gasteiger partial charge in [0, 0.05) is 0 Å². The second-order valence-corrected chi connectivity index (χ2v) is 14.8. The van der Waals surface area contributed by atoms with Gasteiger partial charge in [0.1, 0.15) is 0 Å². The van der Waals surface area contributed by atoms with E-state index in [9.17, 15) is 0 Å². The number of halogens is 2. The molecule has 6 rings (SSSR count). The molecular formula is C31H24Br2N3P. The molecule has 0 saturated carbocycles. The number of hydrogen-bond donors (Lipinski definition) is 1. The van der Waals surface area contributed by atoms with Gasteiger partial charge in [0.2, 0.25) is 0 Å². The van der Waals surface area contributed by atoms with Crippen LogP contribution in [0.15, 0.2) is 153 Å².